The van der Waals surface area contributed by atoms with E-state index in [2.05, 4.69) is 73.8 Å². The number of nitrogens with one attached hydrogen (secondary N) is 2. The maximum atomic E-state index is 13.7. The molecular weight excluding hydrogens is 536 g/mol. The van der Waals surface area contributed by atoms with Crippen LogP contribution in [-0.2, 0) is 6.42 Å². The molecule has 3 aromatic carbocycles. The number of carbonyl (C=O) groups excluding carboxylic acids is 1. The maximum absolute atomic E-state index is 13.7. The highest BCUT2D eigenvalue weighted by Gasteiger charge is 2.28. The molecule has 0 atom stereocenters. The van der Waals surface area contributed by atoms with E-state index < -0.39 is 0 Å². The van der Waals surface area contributed by atoms with Gasteiger partial charge in [-0.25, -0.2) is 15.0 Å². The van der Waals surface area contributed by atoms with Crippen molar-refractivity contribution >= 4 is 51.2 Å². The molecule has 2 aliphatic heterocycles. The van der Waals surface area contributed by atoms with Crippen molar-refractivity contribution in [3.63, 3.8) is 0 Å². The van der Waals surface area contributed by atoms with Crippen molar-refractivity contribution in [2.45, 2.75) is 13.3 Å². The van der Waals surface area contributed by atoms with Crippen molar-refractivity contribution in [2.24, 2.45) is 0 Å². The summed E-state index contributed by atoms with van der Waals surface area (Å²) < 4.78 is 0. The number of amides is 1. The summed E-state index contributed by atoms with van der Waals surface area (Å²) in [6.07, 6.45) is 4.09. The van der Waals surface area contributed by atoms with E-state index in [0.29, 0.717) is 24.5 Å². The van der Waals surface area contributed by atoms with Gasteiger partial charge in [-0.15, -0.1) is 0 Å². The van der Waals surface area contributed by atoms with E-state index in [9.17, 15) is 4.79 Å². The molecule has 1 amide bonds. The van der Waals surface area contributed by atoms with E-state index in [1.165, 1.54) is 5.69 Å². The lowest BCUT2D eigenvalue weighted by molar-refractivity contribution is 0.0979. The van der Waals surface area contributed by atoms with E-state index in [0.717, 1.165) is 71.1 Å². The summed E-state index contributed by atoms with van der Waals surface area (Å²) in [7, 11) is 2.16. The average molecular weight is 571 g/mol. The number of nitrogens with zero attached hydrogens (tertiary/aromatic N) is 6. The minimum absolute atomic E-state index is 0.0899. The quantitative estimate of drug-likeness (QED) is 0.266. The zero-order valence-electron chi connectivity index (χ0n) is 24.4. The number of carbonyl (C=O) groups is 1. The summed E-state index contributed by atoms with van der Waals surface area (Å²) in [5, 5.41) is 8.93. The molecule has 0 saturated carbocycles. The summed E-state index contributed by atoms with van der Waals surface area (Å²) in [5.74, 6) is 1.19. The minimum atomic E-state index is -0.0899. The number of benzene rings is 3. The topological polar surface area (TPSA) is 89.5 Å². The van der Waals surface area contributed by atoms with Crippen LogP contribution in [0, 0.1) is 6.92 Å². The van der Waals surface area contributed by atoms with Crippen molar-refractivity contribution in [1.29, 1.82) is 0 Å². The first-order chi connectivity index (χ1) is 21.0. The molecule has 4 heterocycles. The van der Waals surface area contributed by atoms with Gasteiger partial charge >= 0.3 is 0 Å². The molecule has 2 aromatic heterocycles. The van der Waals surface area contributed by atoms with Crippen molar-refractivity contribution in [3.05, 3.63) is 102 Å². The SMILES string of the molecule is Cc1ccc(Nc2nccc3ccccc23)cc1N1CCc2nc(Nc3ccc(N4CCN(C)CC4)cc3)ncc2C1=O. The summed E-state index contributed by atoms with van der Waals surface area (Å²) in [6, 6.07) is 24.6. The molecule has 9 nitrogen and oxygen atoms in total. The van der Waals surface area contributed by atoms with Gasteiger partial charge in [0.15, 0.2) is 0 Å². The van der Waals surface area contributed by atoms with E-state index in [-0.39, 0.29) is 5.91 Å². The normalized spacial score (nSPS) is 15.4. The lowest BCUT2D eigenvalue weighted by atomic mass is 10.0. The summed E-state index contributed by atoms with van der Waals surface area (Å²) in [6.45, 7) is 6.77. The van der Waals surface area contributed by atoms with Gasteiger partial charge in [-0.05, 0) is 67.4 Å². The van der Waals surface area contributed by atoms with E-state index in [4.69, 9.17) is 4.98 Å². The Kier molecular flexibility index (Phi) is 7.08. The Morgan fingerprint density at radius 1 is 0.814 bits per heavy atom. The van der Waals surface area contributed by atoms with Gasteiger partial charge < -0.3 is 25.3 Å². The number of hydrogen-bond acceptors (Lipinski definition) is 8. The highest BCUT2D eigenvalue weighted by atomic mass is 16.2. The molecule has 7 rings (SSSR count). The highest BCUT2D eigenvalue weighted by Crippen LogP contribution is 2.32. The Labute approximate surface area is 251 Å². The van der Waals surface area contributed by atoms with Crippen LogP contribution < -0.4 is 20.4 Å². The number of anilines is 6. The molecule has 1 fully saturated rings. The first kappa shape index (κ1) is 26.9. The van der Waals surface area contributed by atoms with Crippen molar-refractivity contribution < 1.29 is 4.79 Å². The molecule has 9 heteroatoms. The number of pyridine rings is 1. The van der Waals surface area contributed by atoms with Gasteiger partial charge in [-0.1, -0.05) is 30.3 Å². The van der Waals surface area contributed by atoms with Gasteiger partial charge in [0, 0.05) is 79.7 Å². The maximum Gasteiger partial charge on any atom is 0.261 e. The fraction of sp³-hybridized carbons (Fsp3) is 0.235. The number of aromatic nitrogens is 3. The van der Waals surface area contributed by atoms with Crippen LogP contribution in [0.5, 0.6) is 0 Å². The first-order valence-corrected chi connectivity index (χ1v) is 14.7. The number of hydrogen-bond donors (Lipinski definition) is 2. The van der Waals surface area contributed by atoms with E-state index in [1.54, 1.807) is 12.4 Å². The smallest absolute Gasteiger partial charge is 0.261 e. The largest absolute Gasteiger partial charge is 0.369 e. The summed E-state index contributed by atoms with van der Waals surface area (Å²) in [4.78, 5) is 34.1. The second-order valence-corrected chi connectivity index (χ2v) is 11.2. The van der Waals surface area contributed by atoms with E-state index >= 15 is 0 Å². The predicted octanol–water partition coefficient (Wildman–Crippen LogP) is 5.78. The molecule has 0 spiro atoms. The molecule has 5 aromatic rings. The summed E-state index contributed by atoms with van der Waals surface area (Å²) >= 11 is 0. The third kappa shape index (κ3) is 5.47. The number of rotatable bonds is 6. The fourth-order valence-electron chi connectivity index (χ4n) is 5.82. The molecule has 216 valence electrons. The number of fused-ring (bicyclic) bond motifs is 2. The Balaban J connectivity index is 1.07. The monoisotopic (exact) mass is 570 g/mol. The fourth-order valence-corrected chi connectivity index (χ4v) is 5.82. The highest BCUT2D eigenvalue weighted by molar-refractivity contribution is 6.08. The Morgan fingerprint density at radius 2 is 1.60 bits per heavy atom. The van der Waals surface area contributed by atoms with Gasteiger partial charge in [-0.2, -0.15) is 0 Å². The van der Waals surface area contributed by atoms with Gasteiger partial charge in [0.25, 0.3) is 5.91 Å². The predicted molar refractivity (Wildman–Crippen MR) is 173 cm³/mol. The van der Waals surface area contributed by atoms with Gasteiger partial charge in [0.05, 0.1) is 11.3 Å². The van der Waals surface area contributed by atoms with Crippen LogP contribution in [0.1, 0.15) is 21.6 Å². The minimum Gasteiger partial charge on any atom is -0.369 e. The molecule has 2 aliphatic rings. The lowest BCUT2D eigenvalue weighted by Crippen LogP contribution is -2.44. The zero-order valence-corrected chi connectivity index (χ0v) is 24.4. The lowest BCUT2D eigenvalue weighted by Gasteiger charge is -2.34. The third-order valence-electron chi connectivity index (χ3n) is 8.34. The van der Waals surface area contributed by atoms with Crippen molar-refractivity contribution in [3.8, 4) is 0 Å². The number of piperazine rings is 1. The van der Waals surface area contributed by atoms with Crippen LogP contribution in [0.15, 0.2) is 85.2 Å². The molecule has 1 saturated heterocycles. The second-order valence-electron chi connectivity index (χ2n) is 11.2. The second kappa shape index (κ2) is 11.3. The van der Waals surface area contributed by atoms with Crippen LogP contribution in [0.2, 0.25) is 0 Å². The summed E-state index contributed by atoms with van der Waals surface area (Å²) in [5.41, 5.74) is 6.20. The van der Waals surface area contributed by atoms with Crippen LogP contribution >= 0.6 is 0 Å². The van der Waals surface area contributed by atoms with Crippen LogP contribution in [0.3, 0.4) is 0 Å². The number of likely N-dealkylation sites (N-methyl/N-ethyl adjacent to an activating group) is 1. The molecule has 43 heavy (non-hydrogen) atoms. The molecule has 0 radical (unpaired) electrons. The van der Waals surface area contributed by atoms with Gasteiger partial charge in [-0.3, -0.25) is 4.79 Å². The van der Waals surface area contributed by atoms with E-state index in [1.807, 2.05) is 48.2 Å². The van der Waals surface area contributed by atoms with Crippen LogP contribution in [0.25, 0.3) is 10.8 Å². The molecule has 0 aliphatic carbocycles. The Bertz CT molecular complexity index is 1790. The molecular formula is C34H34N8O. The Morgan fingerprint density at radius 3 is 2.44 bits per heavy atom. The van der Waals surface area contributed by atoms with Gasteiger partial charge in [0.1, 0.15) is 5.82 Å². The Hall–Kier alpha value is -5.02. The first-order valence-electron chi connectivity index (χ1n) is 14.7. The van der Waals surface area contributed by atoms with Crippen molar-refractivity contribution in [1.82, 2.24) is 19.9 Å². The van der Waals surface area contributed by atoms with Gasteiger partial charge in [0.2, 0.25) is 5.95 Å². The van der Waals surface area contributed by atoms with Crippen LogP contribution in [0.4, 0.5) is 34.5 Å². The third-order valence-corrected chi connectivity index (χ3v) is 8.34. The molecule has 0 bridgehead atoms. The van der Waals surface area contributed by atoms with Crippen LogP contribution in [-0.4, -0.2) is 65.5 Å². The average Bonchev–Trinajstić information content (AvgIpc) is 3.03. The molecule has 0 unspecified atom stereocenters. The zero-order chi connectivity index (χ0) is 29.3. The van der Waals surface area contributed by atoms with Crippen molar-refractivity contribution in [2.75, 3.05) is 60.2 Å². The molecule has 2 N–H and O–H groups in total. The standard InChI is InChI=1S/C34H34N8O/c1-23-7-8-26(37-32-28-6-4-3-5-24(28)13-15-35-32)21-31(23)42-16-14-30-29(33(42)43)22-36-34(39-30)38-25-9-11-27(12-10-25)41-19-17-40(2)18-20-41/h3-13,15,21-22H,14,16-20H2,1-2H3,(H,35,37)(H,36,38,39). The number of aryl methyl sites for hydroxylation is 1.